The first-order valence-electron chi connectivity index (χ1n) is 10.2. The number of aryl methyl sites for hydroxylation is 1. The zero-order valence-electron chi connectivity index (χ0n) is 17.3. The zero-order chi connectivity index (χ0) is 22.0. The molecule has 0 atom stereocenters. The molecule has 164 valence electrons. The van der Waals surface area contributed by atoms with Gasteiger partial charge in [0.25, 0.3) is 11.5 Å². The quantitative estimate of drug-likeness (QED) is 0.501. The number of anilines is 2. The fraction of sp³-hybridized carbons (Fsp3) is 0.381. The molecule has 4 N–H and O–H groups in total. The maximum Gasteiger partial charge on any atom is 0.262 e. The summed E-state index contributed by atoms with van der Waals surface area (Å²) >= 11 is 1.41. The maximum absolute atomic E-state index is 13.5. The predicted octanol–water partition coefficient (Wildman–Crippen LogP) is 1.82. The summed E-state index contributed by atoms with van der Waals surface area (Å²) in [5.74, 6) is -0.619. The Bertz CT molecular complexity index is 1150. The lowest BCUT2D eigenvalue weighted by molar-refractivity contribution is 0.0967. The first-order chi connectivity index (χ1) is 14.9. The van der Waals surface area contributed by atoms with E-state index in [9.17, 15) is 14.0 Å². The van der Waals surface area contributed by atoms with Crippen molar-refractivity contribution in [1.82, 2.24) is 20.2 Å². The van der Waals surface area contributed by atoms with E-state index in [0.717, 1.165) is 50.0 Å². The van der Waals surface area contributed by atoms with Crippen molar-refractivity contribution in [3.63, 3.8) is 0 Å². The third kappa shape index (κ3) is 4.70. The molecule has 0 radical (unpaired) electrons. The molecule has 31 heavy (non-hydrogen) atoms. The van der Waals surface area contributed by atoms with Crippen LogP contribution in [-0.2, 0) is 6.42 Å². The highest BCUT2D eigenvalue weighted by molar-refractivity contribution is 7.17. The maximum atomic E-state index is 13.5. The summed E-state index contributed by atoms with van der Waals surface area (Å²) in [6.45, 7) is 4.45. The fourth-order valence-corrected chi connectivity index (χ4v) is 4.76. The minimum absolute atomic E-state index is 0.110. The Balaban J connectivity index is 1.30. The molecule has 10 heteroatoms. The molecule has 1 aromatic carbocycles. The van der Waals surface area contributed by atoms with Gasteiger partial charge in [-0.15, -0.1) is 0 Å². The van der Waals surface area contributed by atoms with E-state index in [0.29, 0.717) is 16.7 Å². The van der Waals surface area contributed by atoms with Gasteiger partial charge in [-0.1, -0.05) is 11.3 Å². The topological polar surface area (TPSA) is 107 Å². The molecule has 8 nitrogen and oxygen atoms in total. The average Bonchev–Trinajstić information content (AvgIpc) is 3.25. The van der Waals surface area contributed by atoms with Gasteiger partial charge >= 0.3 is 0 Å². The number of carbonyl (C=O) groups is 1. The number of nitrogens with one attached hydrogen (secondary N) is 2. The molecule has 1 fully saturated rings. The Morgan fingerprint density at radius 2 is 2.03 bits per heavy atom. The molecule has 3 aromatic rings. The van der Waals surface area contributed by atoms with Gasteiger partial charge in [-0.2, -0.15) is 0 Å². The van der Waals surface area contributed by atoms with Crippen molar-refractivity contribution < 1.29 is 9.18 Å². The van der Waals surface area contributed by atoms with Crippen molar-refractivity contribution in [1.29, 1.82) is 0 Å². The number of hydrogen-bond donors (Lipinski definition) is 3. The number of nitrogens with two attached hydrogens (primary N) is 1. The first kappa shape index (κ1) is 21.3. The van der Waals surface area contributed by atoms with E-state index >= 15 is 0 Å². The summed E-state index contributed by atoms with van der Waals surface area (Å²) in [6.07, 6.45) is 3.22. The SMILES string of the molecule is CNC(=O)c1cnc(N2CCN(CCCc3cc4c(N)cc(F)cc4c(=O)[nH]3)CC2)s1. The van der Waals surface area contributed by atoms with Gasteiger partial charge in [0.2, 0.25) is 0 Å². The number of nitrogens with zero attached hydrogens (tertiary/aromatic N) is 3. The highest BCUT2D eigenvalue weighted by Crippen LogP contribution is 2.24. The number of nitrogen functional groups attached to an aromatic ring is 1. The Hall–Kier alpha value is -2.98. The third-order valence-corrected chi connectivity index (χ3v) is 6.58. The molecule has 0 aliphatic carbocycles. The van der Waals surface area contributed by atoms with Crippen LogP contribution in [0, 0.1) is 5.82 Å². The zero-order valence-corrected chi connectivity index (χ0v) is 18.1. The number of piperazine rings is 1. The smallest absolute Gasteiger partial charge is 0.262 e. The standard InChI is InChI=1S/C21H25FN6O2S/c1-24-20(30)18-12-25-21(31-18)28-7-5-27(6-8-28)4-2-3-14-11-15-16(19(29)26-14)9-13(22)10-17(15)23/h9-12H,2-8,23H2,1H3,(H,24,30)(H,26,29). The summed E-state index contributed by atoms with van der Waals surface area (Å²) in [6, 6.07) is 4.30. The number of aromatic nitrogens is 2. The van der Waals surface area contributed by atoms with Crippen LogP contribution >= 0.6 is 11.3 Å². The van der Waals surface area contributed by atoms with Gasteiger partial charge < -0.3 is 20.9 Å². The minimum Gasteiger partial charge on any atom is -0.398 e. The number of pyridine rings is 1. The van der Waals surface area contributed by atoms with Gasteiger partial charge in [-0.05, 0) is 37.6 Å². The molecule has 1 amide bonds. The highest BCUT2D eigenvalue weighted by atomic mass is 32.1. The van der Waals surface area contributed by atoms with Crippen LogP contribution in [0.1, 0.15) is 21.8 Å². The average molecular weight is 445 g/mol. The molecule has 4 rings (SSSR count). The number of rotatable bonds is 6. The van der Waals surface area contributed by atoms with Crippen molar-refractivity contribution in [2.75, 3.05) is 50.4 Å². The van der Waals surface area contributed by atoms with Crippen LogP contribution in [-0.4, -0.2) is 60.5 Å². The van der Waals surface area contributed by atoms with Gasteiger partial charge in [-0.3, -0.25) is 14.5 Å². The monoisotopic (exact) mass is 444 g/mol. The van der Waals surface area contributed by atoms with Gasteiger partial charge in [0.1, 0.15) is 10.7 Å². The van der Waals surface area contributed by atoms with Crippen molar-refractivity contribution in [3.8, 4) is 0 Å². The number of halogens is 1. The number of benzene rings is 1. The molecule has 2 aromatic heterocycles. The lowest BCUT2D eigenvalue weighted by Gasteiger charge is -2.34. The van der Waals surface area contributed by atoms with Crippen molar-refractivity contribution in [3.05, 3.63) is 51.1 Å². The molecule has 1 aliphatic heterocycles. The second-order valence-corrected chi connectivity index (χ2v) is 8.61. The number of carbonyl (C=O) groups excluding carboxylic acids is 1. The van der Waals surface area contributed by atoms with Crippen LogP contribution in [0.2, 0.25) is 0 Å². The third-order valence-electron chi connectivity index (χ3n) is 5.52. The van der Waals surface area contributed by atoms with Crippen molar-refractivity contribution in [2.45, 2.75) is 12.8 Å². The van der Waals surface area contributed by atoms with E-state index in [2.05, 4.69) is 25.1 Å². The predicted molar refractivity (Wildman–Crippen MR) is 121 cm³/mol. The van der Waals surface area contributed by atoms with E-state index in [1.165, 1.54) is 23.5 Å². The molecule has 1 saturated heterocycles. The number of H-pyrrole nitrogens is 1. The number of fused-ring (bicyclic) bond motifs is 1. The molecule has 0 spiro atoms. The van der Waals surface area contributed by atoms with Crippen LogP contribution < -0.4 is 21.5 Å². The van der Waals surface area contributed by atoms with Crippen LogP contribution in [0.5, 0.6) is 0 Å². The molecular formula is C21H25FN6O2S. The highest BCUT2D eigenvalue weighted by Gasteiger charge is 2.20. The van der Waals surface area contributed by atoms with Crippen LogP contribution in [0.25, 0.3) is 10.8 Å². The normalized spacial score (nSPS) is 14.8. The molecule has 1 aliphatic rings. The van der Waals surface area contributed by atoms with E-state index < -0.39 is 5.82 Å². The van der Waals surface area contributed by atoms with Crippen LogP contribution in [0.4, 0.5) is 15.2 Å². The van der Waals surface area contributed by atoms with Crippen LogP contribution in [0.3, 0.4) is 0 Å². The number of amides is 1. The minimum atomic E-state index is -0.509. The molecule has 0 saturated carbocycles. The van der Waals surface area contributed by atoms with E-state index in [1.807, 2.05) is 6.07 Å². The Morgan fingerprint density at radius 1 is 1.26 bits per heavy atom. The summed E-state index contributed by atoms with van der Waals surface area (Å²) in [5, 5.41) is 4.36. The van der Waals surface area contributed by atoms with Gasteiger partial charge in [-0.25, -0.2) is 9.37 Å². The Kier molecular flexibility index (Phi) is 6.19. The second-order valence-electron chi connectivity index (χ2n) is 7.60. The summed E-state index contributed by atoms with van der Waals surface area (Å²) in [5.41, 5.74) is 6.66. The number of aromatic amines is 1. The van der Waals surface area contributed by atoms with Crippen LogP contribution in [0.15, 0.2) is 29.2 Å². The van der Waals surface area contributed by atoms with E-state index in [-0.39, 0.29) is 22.5 Å². The molecule has 3 heterocycles. The number of hydrogen-bond acceptors (Lipinski definition) is 7. The van der Waals surface area contributed by atoms with Gasteiger partial charge in [0, 0.05) is 50.0 Å². The lowest BCUT2D eigenvalue weighted by atomic mass is 10.1. The van der Waals surface area contributed by atoms with Gasteiger partial charge in [0.15, 0.2) is 5.13 Å². The molecular weight excluding hydrogens is 419 g/mol. The van der Waals surface area contributed by atoms with Crippen molar-refractivity contribution in [2.24, 2.45) is 0 Å². The summed E-state index contributed by atoms with van der Waals surface area (Å²) in [7, 11) is 1.61. The lowest BCUT2D eigenvalue weighted by Crippen LogP contribution is -2.46. The second kappa shape index (κ2) is 9.03. The van der Waals surface area contributed by atoms with E-state index in [1.54, 1.807) is 13.2 Å². The Labute approximate surface area is 182 Å². The van der Waals surface area contributed by atoms with E-state index in [4.69, 9.17) is 5.73 Å². The van der Waals surface area contributed by atoms with Gasteiger partial charge in [0.05, 0.1) is 11.6 Å². The Morgan fingerprint density at radius 3 is 2.77 bits per heavy atom. The largest absolute Gasteiger partial charge is 0.398 e. The van der Waals surface area contributed by atoms with Crippen molar-refractivity contribution >= 4 is 38.8 Å². The summed E-state index contributed by atoms with van der Waals surface area (Å²) in [4.78, 5) is 36.4. The fourth-order valence-electron chi connectivity index (χ4n) is 3.84. The summed E-state index contributed by atoms with van der Waals surface area (Å²) < 4.78 is 13.5. The number of thiazole rings is 1. The molecule has 0 unspecified atom stereocenters. The first-order valence-corrected chi connectivity index (χ1v) is 11.0. The molecule has 0 bridgehead atoms.